The number of benzene rings is 3. The summed E-state index contributed by atoms with van der Waals surface area (Å²) in [6, 6.07) is 18.0. The number of fused-ring (bicyclic) bond motifs is 2. The number of carbonyl (C=O) groups is 3. The van der Waals surface area contributed by atoms with E-state index < -0.39 is 17.9 Å². The summed E-state index contributed by atoms with van der Waals surface area (Å²) in [7, 11) is 0. The molecule has 1 N–H and O–H groups in total. The summed E-state index contributed by atoms with van der Waals surface area (Å²) in [4.78, 5) is 41.3. The van der Waals surface area contributed by atoms with Gasteiger partial charge in [-0.25, -0.2) is 0 Å². The van der Waals surface area contributed by atoms with Crippen LogP contribution in [0.1, 0.15) is 50.3 Å². The number of piperidine rings is 1. The first-order valence-electron chi connectivity index (χ1n) is 11.6. The fraction of sp³-hybridized carbons (Fsp3) is 0.296. The second-order valence-electron chi connectivity index (χ2n) is 8.78. The largest absolute Gasteiger partial charge is 0.490 e. The molecule has 1 atom stereocenters. The smallest absolute Gasteiger partial charge is 0.261 e. The fourth-order valence-corrected chi connectivity index (χ4v) is 4.63. The predicted molar refractivity (Wildman–Crippen MR) is 127 cm³/mol. The van der Waals surface area contributed by atoms with Crippen LogP contribution in [-0.4, -0.2) is 65.0 Å². The molecule has 174 valence electrons. The van der Waals surface area contributed by atoms with Gasteiger partial charge in [-0.05, 0) is 54.3 Å². The Hall–Kier alpha value is -3.71. The summed E-state index contributed by atoms with van der Waals surface area (Å²) < 4.78 is 5.93. The van der Waals surface area contributed by atoms with Crippen LogP contribution in [0, 0.1) is 0 Å². The van der Waals surface area contributed by atoms with Crippen molar-refractivity contribution in [3.05, 3.63) is 77.4 Å². The van der Waals surface area contributed by atoms with Crippen LogP contribution in [0.2, 0.25) is 0 Å². The molecule has 0 bridgehead atoms. The van der Waals surface area contributed by atoms with E-state index in [9.17, 15) is 19.5 Å². The summed E-state index contributed by atoms with van der Waals surface area (Å²) in [5.74, 6) is -0.552. The molecule has 2 aliphatic heterocycles. The van der Waals surface area contributed by atoms with Crippen molar-refractivity contribution in [2.45, 2.75) is 25.4 Å². The summed E-state index contributed by atoms with van der Waals surface area (Å²) in [5.41, 5.74) is 1.13. The van der Waals surface area contributed by atoms with E-state index in [-0.39, 0.29) is 19.1 Å². The maximum absolute atomic E-state index is 13.3. The number of hydrogen-bond donors (Lipinski definition) is 1. The molecule has 0 spiro atoms. The average Bonchev–Trinajstić information content (AvgIpc) is 3.12. The minimum atomic E-state index is -1.10. The van der Waals surface area contributed by atoms with Gasteiger partial charge in [0.1, 0.15) is 18.5 Å². The number of rotatable bonds is 6. The lowest BCUT2D eigenvalue weighted by atomic mass is 10.0. The lowest BCUT2D eigenvalue weighted by molar-refractivity contribution is 0.0455. The Balaban J connectivity index is 1.33. The summed E-state index contributed by atoms with van der Waals surface area (Å²) in [5, 5.41) is 12.5. The van der Waals surface area contributed by atoms with Crippen LogP contribution in [0.15, 0.2) is 60.7 Å². The zero-order valence-corrected chi connectivity index (χ0v) is 18.8. The van der Waals surface area contributed by atoms with Crippen LogP contribution in [0.3, 0.4) is 0 Å². The lowest BCUT2D eigenvalue weighted by Gasteiger charge is -2.28. The van der Waals surface area contributed by atoms with E-state index >= 15 is 0 Å². The second-order valence-corrected chi connectivity index (χ2v) is 8.78. The van der Waals surface area contributed by atoms with Crippen molar-refractivity contribution in [3.8, 4) is 5.75 Å². The topological polar surface area (TPSA) is 87.1 Å². The average molecular weight is 459 g/mol. The number of aliphatic hydroxyl groups excluding tert-OH is 1. The van der Waals surface area contributed by atoms with Gasteiger partial charge in [-0.15, -0.1) is 0 Å². The molecular weight excluding hydrogens is 432 g/mol. The highest BCUT2D eigenvalue weighted by Crippen LogP contribution is 2.29. The van der Waals surface area contributed by atoms with Gasteiger partial charge in [-0.1, -0.05) is 36.4 Å². The zero-order valence-electron chi connectivity index (χ0n) is 18.8. The molecule has 5 rings (SSSR count). The van der Waals surface area contributed by atoms with E-state index in [1.807, 2.05) is 35.2 Å². The van der Waals surface area contributed by atoms with E-state index in [2.05, 4.69) is 0 Å². The van der Waals surface area contributed by atoms with E-state index in [0.29, 0.717) is 35.5 Å². The Morgan fingerprint density at radius 1 is 0.882 bits per heavy atom. The quantitative estimate of drug-likeness (QED) is 0.572. The van der Waals surface area contributed by atoms with Crippen LogP contribution < -0.4 is 4.74 Å². The molecule has 1 saturated heterocycles. The third-order valence-corrected chi connectivity index (χ3v) is 6.42. The second kappa shape index (κ2) is 9.27. The Labute approximate surface area is 197 Å². The molecule has 2 heterocycles. The minimum Gasteiger partial charge on any atom is -0.490 e. The molecule has 0 saturated carbocycles. The molecule has 0 radical (unpaired) electrons. The normalized spacial score (nSPS) is 16.6. The van der Waals surface area contributed by atoms with Gasteiger partial charge in [0.2, 0.25) is 0 Å². The van der Waals surface area contributed by atoms with Crippen LogP contribution in [0.4, 0.5) is 0 Å². The van der Waals surface area contributed by atoms with Crippen molar-refractivity contribution in [1.82, 2.24) is 9.80 Å². The standard InChI is InChI=1S/C27H26N2O5/c30-20(16-29-26(32)21-10-4-5-11-22(21)27(29)33)17-34-24-15-19-9-3-2-8-18(19)14-23(24)25(31)28-12-6-1-7-13-28/h2-5,8-11,14-15,20,30H,1,6-7,12-13,16-17H2/t20-/m1/s1. The van der Waals surface area contributed by atoms with Crippen molar-refractivity contribution < 1.29 is 24.2 Å². The Bertz CT molecular complexity index is 1230. The van der Waals surface area contributed by atoms with Gasteiger partial charge in [0.25, 0.3) is 17.7 Å². The molecular formula is C27H26N2O5. The van der Waals surface area contributed by atoms with Crippen molar-refractivity contribution in [2.75, 3.05) is 26.2 Å². The van der Waals surface area contributed by atoms with Gasteiger partial charge in [0.15, 0.2) is 0 Å². The molecule has 7 heteroatoms. The maximum atomic E-state index is 13.3. The van der Waals surface area contributed by atoms with E-state index in [4.69, 9.17) is 4.74 Å². The van der Waals surface area contributed by atoms with Gasteiger partial charge in [-0.2, -0.15) is 0 Å². The van der Waals surface area contributed by atoms with Crippen molar-refractivity contribution in [3.63, 3.8) is 0 Å². The van der Waals surface area contributed by atoms with Gasteiger partial charge in [-0.3, -0.25) is 19.3 Å². The number of imide groups is 1. The first kappa shape index (κ1) is 22.1. The molecule has 3 aromatic rings. The fourth-order valence-electron chi connectivity index (χ4n) is 4.63. The first-order valence-corrected chi connectivity index (χ1v) is 11.6. The van der Waals surface area contributed by atoms with Crippen molar-refractivity contribution in [2.24, 2.45) is 0 Å². The first-order chi connectivity index (χ1) is 16.5. The number of hydrogen-bond acceptors (Lipinski definition) is 5. The van der Waals surface area contributed by atoms with E-state index in [1.54, 1.807) is 30.3 Å². The van der Waals surface area contributed by atoms with Crippen LogP contribution >= 0.6 is 0 Å². The summed E-state index contributed by atoms with van der Waals surface area (Å²) >= 11 is 0. The van der Waals surface area contributed by atoms with E-state index in [1.165, 1.54) is 0 Å². The lowest BCUT2D eigenvalue weighted by Crippen LogP contribution is -2.39. The molecule has 7 nitrogen and oxygen atoms in total. The molecule has 2 aliphatic rings. The summed E-state index contributed by atoms with van der Waals surface area (Å²) in [6.07, 6.45) is 1.98. The third-order valence-electron chi connectivity index (χ3n) is 6.42. The maximum Gasteiger partial charge on any atom is 0.261 e. The molecule has 34 heavy (non-hydrogen) atoms. The molecule has 1 fully saturated rings. The van der Waals surface area contributed by atoms with Gasteiger partial charge < -0.3 is 14.7 Å². The number of amides is 3. The Morgan fingerprint density at radius 3 is 2.12 bits per heavy atom. The highest BCUT2D eigenvalue weighted by molar-refractivity contribution is 6.21. The van der Waals surface area contributed by atoms with E-state index in [0.717, 1.165) is 34.9 Å². The van der Waals surface area contributed by atoms with Crippen LogP contribution in [0.5, 0.6) is 5.75 Å². The number of carbonyl (C=O) groups excluding carboxylic acids is 3. The molecule has 3 aromatic carbocycles. The van der Waals surface area contributed by atoms with Gasteiger partial charge >= 0.3 is 0 Å². The van der Waals surface area contributed by atoms with Crippen LogP contribution in [0.25, 0.3) is 10.8 Å². The third kappa shape index (κ3) is 4.15. The van der Waals surface area contributed by atoms with Gasteiger partial charge in [0.05, 0.1) is 23.2 Å². The minimum absolute atomic E-state index is 0.0877. The Kier molecular flexibility index (Phi) is 6.02. The Morgan fingerprint density at radius 2 is 1.47 bits per heavy atom. The monoisotopic (exact) mass is 458 g/mol. The highest BCUT2D eigenvalue weighted by Gasteiger charge is 2.36. The predicted octanol–water partition coefficient (Wildman–Crippen LogP) is 3.50. The summed E-state index contributed by atoms with van der Waals surface area (Å²) in [6.45, 7) is 1.09. The number of ether oxygens (including phenoxy) is 1. The molecule has 0 unspecified atom stereocenters. The molecule has 3 amide bonds. The number of β-amino-alcohol motifs (C(OH)–C–C–N with tert-alkyl or cyclic N) is 1. The molecule has 0 aliphatic carbocycles. The number of aliphatic hydroxyl groups is 1. The molecule has 0 aromatic heterocycles. The number of likely N-dealkylation sites (tertiary alicyclic amines) is 1. The van der Waals surface area contributed by atoms with Crippen molar-refractivity contribution in [1.29, 1.82) is 0 Å². The van der Waals surface area contributed by atoms with Gasteiger partial charge in [0, 0.05) is 13.1 Å². The highest BCUT2D eigenvalue weighted by atomic mass is 16.5. The number of nitrogens with zero attached hydrogens (tertiary/aromatic N) is 2. The van der Waals surface area contributed by atoms with Crippen molar-refractivity contribution >= 4 is 28.5 Å². The zero-order chi connectivity index (χ0) is 23.7. The SMILES string of the molecule is O=C(c1cc2ccccc2cc1OC[C@H](O)CN1C(=O)c2ccccc2C1=O)N1CCCCC1. The van der Waals surface area contributed by atoms with Crippen LogP contribution in [-0.2, 0) is 0 Å².